The van der Waals surface area contributed by atoms with Gasteiger partial charge in [0, 0.05) is 18.7 Å². The molecule has 0 bridgehead atoms. The lowest BCUT2D eigenvalue weighted by Crippen LogP contribution is -2.49. The van der Waals surface area contributed by atoms with E-state index in [0.29, 0.717) is 24.0 Å². The summed E-state index contributed by atoms with van der Waals surface area (Å²) < 4.78 is 94.5. The number of benzene rings is 2. The Bertz CT molecular complexity index is 1650. The zero-order valence-corrected chi connectivity index (χ0v) is 21.5. The molecule has 2 N–H and O–H groups in total. The van der Waals surface area contributed by atoms with Gasteiger partial charge in [0.1, 0.15) is 22.9 Å². The molecule has 1 aliphatic carbocycles. The van der Waals surface area contributed by atoms with E-state index >= 15 is 0 Å². The number of alkyl halides is 3. The monoisotopic (exact) mass is 584 g/mol. The molecule has 5 rings (SSSR count). The third kappa shape index (κ3) is 5.37. The summed E-state index contributed by atoms with van der Waals surface area (Å²) in [5.74, 6) is -5.10. The van der Waals surface area contributed by atoms with E-state index < -0.39 is 57.4 Å². The van der Waals surface area contributed by atoms with Crippen LogP contribution in [0.2, 0.25) is 0 Å². The maximum absolute atomic E-state index is 14.1. The Labute approximate surface area is 224 Å². The summed E-state index contributed by atoms with van der Waals surface area (Å²) >= 11 is 0. The normalized spacial score (nSPS) is 18.3. The molecule has 0 saturated carbocycles. The number of rotatable bonds is 6. The van der Waals surface area contributed by atoms with Crippen LogP contribution in [0.5, 0.6) is 5.75 Å². The van der Waals surface area contributed by atoms with Crippen LogP contribution >= 0.6 is 0 Å². The number of anilines is 1. The van der Waals surface area contributed by atoms with Gasteiger partial charge in [0.15, 0.2) is 28.1 Å². The van der Waals surface area contributed by atoms with E-state index in [0.717, 1.165) is 23.1 Å². The first-order valence-corrected chi connectivity index (χ1v) is 13.9. The van der Waals surface area contributed by atoms with Crippen molar-refractivity contribution >= 4 is 27.5 Å². The number of nitrogens with zero attached hydrogens (tertiary/aromatic N) is 2. The third-order valence-corrected chi connectivity index (χ3v) is 7.41. The number of fused-ring (bicyclic) bond motifs is 3. The van der Waals surface area contributed by atoms with Gasteiger partial charge in [0.2, 0.25) is 5.91 Å². The van der Waals surface area contributed by atoms with Gasteiger partial charge >= 0.3 is 6.18 Å². The zero-order valence-electron chi connectivity index (χ0n) is 20.7. The number of ether oxygens (including phenoxy) is 1. The first-order valence-electron chi connectivity index (χ1n) is 11.8. The molecule has 0 radical (unpaired) electrons. The molecule has 3 aromatic rings. The smallest absolute Gasteiger partial charge is 0.422 e. The molecule has 1 atom stereocenters. The summed E-state index contributed by atoms with van der Waals surface area (Å²) in [7, 11) is -3.74. The number of carbonyl (C=O) groups excluding carboxylic acids is 2. The van der Waals surface area contributed by atoms with Crippen LogP contribution < -0.4 is 15.4 Å². The quantitative estimate of drug-likeness (QED) is 0.430. The van der Waals surface area contributed by atoms with Crippen LogP contribution in [0.3, 0.4) is 0 Å². The van der Waals surface area contributed by atoms with E-state index in [4.69, 9.17) is 4.74 Å². The number of hydrogen-bond acceptors (Lipinski definition) is 6. The average molecular weight is 585 g/mol. The predicted molar refractivity (Wildman–Crippen MR) is 131 cm³/mol. The first-order chi connectivity index (χ1) is 18.6. The fraction of sp³-hybridized carbons (Fsp3) is 0.320. The van der Waals surface area contributed by atoms with Crippen LogP contribution in [0.1, 0.15) is 33.6 Å². The van der Waals surface area contributed by atoms with Crippen molar-refractivity contribution in [2.24, 2.45) is 0 Å². The molecule has 2 aliphatic rings. The van der Waals surface area contributed by atoms with Gasteiger partial charge < -0.3 is 15.4 Å². The molecule has 9 nitrogen and oxygen atoms in total. The third-order valence-electron chi connectivity index (χ3n) is 6.62. The van der Waals surface area contributed by atoms with Gasteiger partial charge in [-0.3, -0.25) is 9.59 Å². The summed E-state index contributed by atoms with van der Waals surface area (Å²) in [6.07, 6.45) is -2.77. The topological polar surface area (TPSA) is 119 Å². The zero-order chi connectivity index (χ0) is 29.0. The Morgan fingerprint density at radius 2 is 1.93 bits per heavy atom. The van der Waals surface area contributed by atoms with Crippen LogP contribution in [0.25, 0.3) is 5.69 Å². The van der Waals surface area contributed by atoms with Crippen molar-refractivity contribution in [3.63, 3.8) is 0 Å². The number of carbonyl (C=O) groups is 2. The van der Waals surface area contributed by atoms with Crippen LogP contribution in [0, 0.1) is 11.6 Å². The van der Waals surface area contributed by atoms with Gasteiger partial charge in [-0.25, -0.2) is 21.9 Å². The Morgan fingerprint density at radius 3 is 2.60 bits per heavy atom. The van der Waals surface area contributed by atoms with Crippen molar-refractivity contribution in [3.8, 4) is 11.4 Å². The summed E-state index contributed by atoms with van der Waals surface area (Å²) in [5, 5.41) is 9.69. The fourth-order valence-electron chi connectivity index (χ4n) is 5.06. The SMILES string of the molecule is CS(=O)(=O)CC(=O)Nc1c2c(nn1-c1ccc(F)c(F)c1)C[C@]1(CCc3cc(OCC(F)(F)F)ccc31)NC2=O. The lowest BCUT2D eigenvalue weighted by atomic mass is 9.82. The van der Waals surface area contributed by atoms with E-state index in [1.807, 2.05) is 0 Å². The Kier molecular flexibility index (Phi) is 6.59. The van der Waals surface area contributed by atoms with Crippen molar-refractivity contribution in [2.75, 3.05) is 23.9 Å². The molecular formula is C25H21F5N4O5S. The van der Waals surface area contributed by atoms with Crippen molar-refractivity contribution < 1.29 is 44.7 Å². The second-order valence-electron chi connectivity index (χ2n) is 9.73. The lowest BCUT2D eigenvalue weighted by molar-refractivity contribution is -0.153. The molecule has 0 fully saturated rings. The summed E-state index contributed by atoms with van der Waals surface area (Å²) in [4.78, 5) is 26.0. The highest BCUT2D eigenvalue weighted by molar-refractivity contribution is 7.91. The van der Waals surface area contributed by atoms with Gasteiger partial charge in [-0.15, -0.1) is 0 Å². The number of amides is 2. The standard InChI is InChI=1S/C25H21F5N4O5S/c1-40(37,38)11-20(35)31-22-21-19(33-34(22)14-2-5-17(26)18(27)9-14)10-24(32-23(21)36)7-6-13-8-15(3-4-16(13)24)39-12-25(28,29)30/h2-5,8-9H,6-7,10-12H2,1H3,(H,31,35)(H,32,36)/t24-/m0/s1. The maximum atomic E-state index is 14.1. The van der Waals surface area contributed by atoms with Gasteiger partial charge in [-0.2, -0.15) is 18.3 Å². The van der Waals surface area contributed by atoms with Crippen LogP contribution in [0.4, 0.5) is 27.8 Å². The molecule has 1 spiro atoms. The van der Waals surface area contributed by atoms with E-state index in [-0.39, 0.29) is 34.9 Å². The van der Waals surface area contributed by atoms with Crippen molar-refractivity contribution in [2.45, 2.75) is 31.0 Å². The number of aryl methyl sites for hydroxylation is 1. The highest BCUT2D eigenvalue weighted by Gasteiger charge is 2.47. The first kappa shape index (κ1) is 27.6. The van der Waals surface area contributed by atoms with E-state index in [2.05, 4.69) is 15.7 Å². The molecule has 15 heteroatoms. The van der Waals surface area contributed by atoms with Crippen LogP contribution in [-0.4, -0.2) is 54.8 Å². The number of halogens is 5. The predicted octanol–water partition coefficient (Wildman–Crippen LogP) is 3.20. The summed E-state index contributed by atoms with van der Waals surface area (Å²) in [6, 6.07) is 7.23. The maximum Gasteiger partial charge on any atom is 0.422 e. The molecule has 212 valence electrons. The molecule has 0 unspecified atom stereocenters. The van der Waals surface area contributed by atoms with E-state index in [9.17, 15) is 40.0 Å². The van der Waals surface area contributed by atoms with Gasteiger partial charge in [0.05, 0.1) is 16.9 Å². The van der Waals surface area contributed by atoms with Crippen molar-refractivity contribution in [1.82, 2.24) is 15.1 Å². The van der Waals surface area contributed by atoms with Gasteiger partial charge in [-0.05, 0) is 48.2 Å². The molecule has 0 saturated heterocycles. The molecule has 2 amide bonds. The summed E-state index contributed by atoms with van der Waals surface area (Å²) in [5.41, 5.74) is 0.400. The Hall–Kier alpha value is -4.01. The minimum Gasteiger partial charge on any atom is -0.484 e. The molecule has 2 aromatic carbocycles. The number of hydrogen-bond donors (Lipinski definition) is 2. The van der Waals surface area contributed by atoms with E-state index in [1.54, 1.807) is 6.07 Å². The summed E-state index contributed by atoms with van der Waals surface area (Å²) in [6.45, 7) is -1.45. The molecule has 1 aromatic heterocycles. The molecule has 2 heterocycles. The largest absolute Gasteiger partial charge is 0.484 e. The molecular weight excluding hydrogens is 563 g/mol. The second kappa shape index (κ2) is 9.57. The molecule has 40 heavy (non-hydrogen) atoms. The minimum atomic E-state index is -4.51. The fourth-order valence-corrected chi connectivity index (χ4v) is 5.60. The number of nitrogens with one attached hydrogen (secondary N) is 2. The molecule has 1 aliphatic heterocycles. The minimum absolute atomic E-state index is 0.0226. The Morgan fingerprint density at radius 1 is 1.18 bits per heavy atom. The van der Waals surface area contributed by atoms with Gasteiger partial charge in [-0.1, -0.05) is 6.07 Å². The Balaban J connectivity index is 1.54. The lowest BCUT2D eigenvalue weighted by Gasteiger charge is -2.35. The van der Waals surface area contributed by atoms with Gasteiger partial charge in [0.25, 0.3) is 5.91 Å². The van der Waals surface area contributed by atoms with E-state index in [1.165, 1.54) is 18.2 Å². The highest BCUT2D eigenvalue weighted by Crippen LogP contribution is 2.44. The number of aromatic nitrogens is 2. The number of sulfone groups is 1. The van der Waals surface area contributed by atoms with Crippen molar-refractivity contribution in [1.29, 1.82) is 0 Å². The second-order valence-corrected chi connectivity index (χ2v) is 11.9. The van der Waals surface area contributed by atoms with Crippen LogP contribution in [-0.2, 0) is 33.0 Å². The van der Waals surface area contributed by atoms with Crippen molar-refractivity contribution in [3.05, 3.63) is 70.4 Å². The van der Waals surface area contributed by atoms with Crippen LogP contribution in [0.15, 0.2) is 36.4 Å². The average Bonchev–Trinajstić information content (AvgIpc) is 3.36. The highest BCUT2D eigenvalue weighted by atomic mass is 32.2.